The molecule has 0 N–H and O–H groups in total. The number of esters is 1. The van der Waals surface area contributed by atoms with E-state index in [2.05, 4.69) is 0 Å². The molecule has 3 rings (SSSR count). The van der Waals surface area contributed by atoms with E-state index < -0.39 is 6.10 Å². The quantitative estimate of drug-likeness (QED) is 0.654. The predicted molar refractivity (Wildman–Crippen MR) is 88.4 cm³/mol. The van der Waals surface area contributed by atoms with Gasteiger partial charge in [-0.1, -0.05) is 18.2 Å². The Hall–Kier alpha value is -2.75. The van der Waals surface area contributed by atoms with Crippen molar-refractivity contribution in [2.24, 2.45) is 0 Å². The topological polar surface area (TPSA) is 48.7 Å². The molecule has 0 aliphatic carbocycles. The molecule has 1 aromatic heterocycles. The smallest absolute Gasteiger partial charge is 0.347 e. The van der Waals surface area contributed by atoms with Gasteiger partial charge in [0.15, 0.2) is 6.10 Å². The van der Waals surface area contributed by atoms with Crippen molar-refractivity contribution in [2.45, 2.75) is 20.0 Å². The Morgan fingerprint density at radius 1 is 1.13 bits per heavy atom. The van der Waals surface area contributed by atoms with E-state index in [-0.39, 0.29) is 5.97 Å². The fourth-order valence-electron chi connectivity index (χ4n) is 2.33. The molecule has 2 aromatic carbocycles. The highest BCUT2D eigenvalue weighted by Gasteiger charge is 2.15. The van der Waals surface area contributed by atoms with Crippen LogP contribution in [0.3, 0.4) is 0 Å². The van der Waals surface area contributed by atoms with Crippen LogP contribution in [-0.2, 0) is 9.53 Å². The largest absolute Gasteiger partial charge is 0.479 e. The van der Waals surface area contributed by atoms with Crippen LogP contribution in [0.5, 0.6) is 5.75 Å². The Bertz CT molecular complexity index is 769. The third-order valence-corrected chi connectivity index (χ3v) is 3.50. The maximum Gasteiger partial charge on any atom is 0.347 e. The van der Waals surface area contributed by atoms with Crippen LogP contribution in [0.2, 0.25) is 0 Å². The van der Waals surface area contributed by atoms with Gasteiger partial charge in [-0.05, 0) is 50.2 Å². The lowest BCUT2D eigenvalue weighted by Gasteiger charge is -2.13. The van der Waals surface area contributed by atoms with Gasteiger partial charge in [0.1, 0.15) is 17.1 Å². The van der Waals surface area contributed by atoms with E-state index in [1.807, 2.05) is 54.6 Å². The Balaban J connectivity index is 1.75. The summed E-state index contributed by atoms with van der Waals surface area (Å²) < 4.78 is 16.3. The molecule has 23 heavy (non-hydrogen) atoms. The number of fused-ring (bicyclic) bond motifs is 1. The molecule has 0 spiro atoms. The molecule has 0 aliphatic heterocycles. The third-order valence-electron chi connectivity index (χ3n) is 3.50. The Kier molecular flexibility index (Phi) is 4.33. The lowest BCUT2D eigenvalue weighted by atomic mass is 10.1. The Morgan fingerprint density at radius 3 is 2.57 bits per heavy atom. The molecular formula is C19H18O4. The van der Waals surface area contributed by atoms with E-state index in [9.17, 15) is 4.79 Å². The summed E-state index contributed by atoms with van der Waals surface area (Å²) >= 11 is 0. The zero-order valence-electron chi connectivity index (χ0n) is 13.1. The number of rotatable bonds is 5. The number of furan rings is 1. The van der Waals surface area contributed by atoms with Gasteiger partial charge >= 0.3 is 5.97 Å². The van der Waals surface area contributed by atoms with Gasteiger partial charge in [-0.3, -0.25) is 0 Å². The SMILES string of the molecule is CCOC(=O)C(C)Oc1ccc(-c2cc3ccccc3o2)cc1. The van der Waals surface area contributed by atoms with Gasteiger partial charge < -0.3 is 13.9 Å². The van der Waals surface area contributed by atoms with Gasteiger partial charge in [0.2, 0.25) is 0 Å². The fourth-order valence-corrected chi connectivity index (χ4v) is 2.33. The summed E-state index contributed by atoms with van der Waals surface area (Å²) in [6.45, 7) is 3.79. The van der Waals surface area contributed by atoms with E-state index in [1.165, 1.54) is 0 Å². The van der Waals surface area contributed by atoms with Crippen molar-refractivity contribution in [1.29, 1.82) is 0 Å². The molecule has 1 unspecified atom stereocenters. The van der Waals surface area contributed by atoms with Crippen LogP contribution in [0.25, 0.3) is 22.3 Å². The lowest BCUT2D eigenvalue weighted by molar-refractivity contribution is -0.150. The second kappa shape index (κ2) is 6.57. The zero-order valence-corrected chi connectivity index (χ0v) is 13.1. The fraction of sp³-hybridized carbons (Fsp3) is 0.211. The van der Waals surface area contributed by atoms with E-state index in [0.29, 0.717) is 12.4 Å². The minimum absolute atomic E-state index is 0.345. The molecule has 0 radical (unpaired) electrons. The second-order valence-corrected chi connectivity index (χ2v) is 5.18. The van der Waals surface area contributed by atoms with Gasteiger partial charge in [-0.25, -0.2) is 4.79 Å². The van der Waals surface area contributed by atoms with Gasteiger partial charge in [-0.2, -0.15) is 0 Å². The molecule has 0 saturated heterocycles. The Labute approximate surface area is 134 Å². The first-order valence-corrected chi connectivity index (χ1v) is 7.59. The molecule has 3 aromatic rings. The van der Waals surface area contributed by atoms with Crippen molar-refractivity contribution in [3.63, 3.8) is 0 Å². The third kappa shape index (κ3) is 3.37. The van der Waals surface area contributed by atoms with Crippen molar-refractivity contribution in [2.75, 3.05) is 6.61 Å². The average molecular weight is 310 g/mol. The number of ether oxygens (including phenoxy) is 2. The summed E-state index contributed by atoms with van der Waals surface area (Å²) in [6, 6.07) is 17.3. The molecule has 1 heterocycles. The first kappa shape index (κ1) is 15.2. The molecule has 0 aliphatic rings. The summed E-state index contributed by atoms with van der Waals surface area (Å²) in [5.41, 5.74) is 1.82. The van der Waals surface area contributed by atoms with Crippen molar-refractivity contribution >= 4 is 16.9 Å². The second-order valence-electron chi connectivity index (χ2n) is 5.18. The monoisotopic (exact) mass is 310 g/mol. The van der Waals surface area contributed by atoms with E-state index >= 15 is 0 Å². The maximum absolute atomic E-state index is 11.6. The minimum Gasteiger partial charge on any atom is -0.479 e. The molecule has 0 bridgehead atoms. The maximum atomic E-state index is 11.6. The van der Waals surface area contributed by atoms with Crippen LogP contribution < -0.4 is 4.74 Å². The summed E-state index contributed by atoms with van der Waals surface area (Å²) in [7, 11) is 0. The Morgan fingerprint density at radius 2 is 1.87 bits per heavy atom. The van der Waals surface area contributed by atoms with Crippen LogP contribution in [0.15, 0.2) is 59.0 Å². The van der Waals surface area contributed by atoms with Gasteiger partial charge in [0, 0.05) is 10.9 Å². The molecule has 0 saturated carbocycles. The molecule has 4 nitrogen and oxygen atoms in total. The molecule has 0 amide bonds. The van der Waals surface area contributed by atoms with Crippen molar-refractivity contribution in [3.05, 3.63) is 54.6 Å². The highest BCUT2D eigenvalue weighted by Crippen LogP contribution is 2.29. The number of hydrogen-bond acceptors (Lipinski definition) is 4. The standard InChI is InChI=1S/C19H18O4/c1-3-21-19(20)13(2)22-16-10-8-14(9-11-16)18-12-15-6-4-5-7-17(15)23-18/h4-13H,3H2,1-2H3. The van der Waals surface area contributed by atoms with Crippen LogP contribution in [0.4, 0.5) is 0 Å². The van der Waals surface area contributed by atoms with Gasteiger partial charge in [0.05, 0.1) is 6.61 Å². The van der Waals surface area contributed by atoms with E-state index in [0.717, 1.165) is 22.3 Å². The molecule has 0 fully saturated rings. The van der Waals surface area contributed by atoms with Crippen LogP contribution in [0.1, 0.15) is 13.8 Å². The number of para-hydroxylation sites is 1. The average Bonchev–Trinajstić information content (AvgIpc) is 2.99. The number of carbonyl (C=O) groups excluding carboxylic acids is 1. The number of hydrogen-bond donors (Lipinski definition) is 0. The molecular weight excluding hydrogens is 292 g/mol. The van der Waals surface area contributed by atoms with Crippen molar-refractivity contribution < 1.29 is 18.7 Å². The van der Waals surface area contributed by atoms with Gasteiger partial charge in [-0.15, -0.1) is 0 Å². The summed E-state index contributed by atoms with van der Waals surface area (Å²) in [5.74, 6) is 1.05. The van der Waals surface area contributed by atoms with Crippen molar-refractivity contribution in [3.8, 4) is 17.1 Å². The first-order chi connectivity index (χ1) is 11.2. The minimum atomic E-state index is -0.632. The summed E-state index contributed by atoms with van der Waals surface area (Å²) in [6.07, 6.45) is -0.632. The van der Waals surface area contributed by atoms with Crippen LogP contribution in [-0.4, -0.2) is 18.7 Å². The first-order valence-electron chi connectivity index (χ1n) is 7.59. The zero-order chi connectivity index (χ0) is 16.2. The number of carbonyl (C=O) groups is 1. The molecule has 118 valence electrons. The van der Waals surface area contributed by atoms with Gasteiger partial charge in [0.25, 0.3) is 0 Å². The molecule has 4 heteroatoms. The highest BCUT2D eigenvalue weighted by molar-refractivity contribution is 5.82. The summed E-state index contributed by atoms with van der Waals surface area (Å²) in [5, 5.41) is 1.07. The predicted octanol–water partition coefficient (Wildman–Crippen LogP) is 4.43. The van der Waals surface area contributed by atoms with Crippen molar-refractivity contribution in [1.82, 2.24) is 0 Å². The molecule has 1 atom stereocenters. The highest BCUT2D eigenvalue weighted by atomic mass is 16.6. The normalized spacial score (nSPS) is 12.1. The summed E-state index contributed by atoms with van der Waals surface area (Å²) in [4.78, 5) is 11.6. The van der Waals surface area contributed by atoms with E-state index in [1.54, 1.807) is 13.8 Å². The van der Waals surface area contributed by atoms with Crippen LogP contribution >= 0.6 is 0 Å². The number of benzene rings is 2. The van der Waals surface area contributed by atoms with Crippen LogP contribution in [0, 0.1) is 0 Å². The van der Waals surface area contributed by atoms with E-state index in [4.69, 9.17) is 13.9 Å². The lowest BCUT2D eigenvalue weighted by Crippen LogP contribution is -2.25.